The molecule has 184 valence electrons. The summed E-state index contributed by atoms with van der Waals surface area (Å²) in [7, 11) is 0. The van der Waals surface area contributed by atoms with Crippen molar-refractivity contribution in [1.82, 2.24) is 5.32 Å². The van der Waals surface area contributed by atoms with E-state index in [-0.39, 0.29) is 12.4 Å². The van der Waals surface area contributed by atoms with E-state index in [1.807, 2.05) is 6.07 Å². The van der Waals surface area contributed by atoms with E-state index in [1.54, 1.807) is 30.3 Å². The van der Waals surface area contributed by atoms with Crippen LogP contribution in [0, 0.1) is 0 Å². The number of nitrogens with one attached hydrogen (secondary N) is 1. The molecule has 0 heterocycles. The van der Waals surface area contributed by atoms with Gasteiger partial charge in [-0.3, -0.25) is 0 Å². The highest BCUT2D eigenvalue weighted by Gasteiger charge is 2.10. The van der Waals surface area contributed by atoms with Crippen LogP contribution in [0.3, 0.4) is 0 Å². The van der Waals surface area contributed by atoms with Gasteiger partial charge in [-0.15, -0.1) is 0 Å². The molecule has 0 radical (unpaired) electrons. The molecule has 7 nitrogen and oxygen atoms in total. The highest BCUT2D eigenvalue weighted by molar-refractivity contribution is 7.79. The first-order chi connectivity index (χ1) is 16.0. The van der Waals surface area contributed by atoms with Crippen molar-refractivity contribution in [2.24, 2.45) is 0 Å². The summed E-state index contributed by atoms with van der Waals surface area (Å²) in [6.07, 6.45) is 6.55. The van der Waals surface area contributed by atoms with Crippen LogP contribution in [-0.4, -0.2) is 50.4 Å². The predicted molar refractivity (Wildman–Crippen MR) is 130 cm³/mol. The number of aliphatic hydroxyl groups is 2. The number of benzene rings is 2. The molecule has 0 aliphatic rings. The fourth-order valence-corrected chi connectivity index (χ4v) is 4.02. The monoisotopic (exact) mass is 479 g/mol. The molecule has 8 heteroatoms. The summed E-state index contributed by atoms with van der Waals surface area (Å²) in [4.78, 5) is 0.439. The first-order valence-electron chi connectivity index (χ1n) is 11.6. The SMILES string of the molecule is O=S(O)c1cccc(CCCOCCCCCCCNCC(O)c2ccc(O)c(CO)c2)c1. The zero-order valence-electron chi connectivity index (χ0n) is 19.1. The minimum absolute atomic E-state index is 0.0380. The Kier molecular flexibility index (Phi) is 13.2. The van der Waals surface area contributed by atoms with Gasteiger partial charge in [0.05, 0.1) is 17.6 Å². The van der Waals surface area contributed by atoms with Crippen molar-refractivity contribution >= 4 is 11.1 Å². The number of unbranched alkanes of at least 4 members (excludes halogenated alkanes) is 4. The Hall–Kier alpha value is -1.81. The molecule has 5 N–H and O–H groups in total. The average molecular weight is 480 g/mol. The van der Waals surface area contributed by atoms with Crippen LogP contribution in [0.5, 0.6) is 5.75 Å². The van der Waals surface area contributed by atoms with Crippen molar-refractivity contribution in [3.05, 3.63) is 59.2 Å². The van der Waals surface area contributed by atoms with Gasteiger partial charge in [-0.1, -0.05) is 37.5 Å². The summed E-state index contributed by atoms with van der Waals surface area (Å²) in [6, 6.07) is 12.0. The number of rotatable bonds is 17. The number of phenols is 1. The van der Waals surface area contributed by atoms with E-state index in [0.717, 1.165) is 63.7 Å². The molecule has 0 saturated heterocycles. The Labute approximate surface area is 199 Å². The molecule has 0 saturated carbocycles. The Morgan fingerprint density at radius 3 is 2.52 bits per heavy atom. The molecule has 0 amide bonds. The zero-order chi connectivity index (χ0) is 23.9. The van der Waals surface area contributed by atoms with E-state index in [4.69, 9.17) is 9.29 Å². The first kappa shape index (κ1) is 27.4. The topological polar surface area (TPSA) is 119 Å². The third-order valence-corrected chi connectivity index (χ3v) is 6.15. The standard InChI is InChI=1S/C25H37NO6S/c27-19-22-17-21(11-12-24(22)28)25(29)18-26-13-4-2-1-3-5-14-32-15-7-9-20-8-6-10-23(16-20)33(30)31/h6,8,10-12,16-17,25-29H,1-5,7,9,13-15,18-19H2,(H,30,31). The van der Waals surface area contributed by atoms with Gasteiger partial charge < -0.3 is 29.9 Å². The average Bonchev–Trinajstić information content (AvgIpc) is 2.82. The molecular weight excluding hydrogens is 442 g/mol. The van der Waals surface area contributed by atoms with Crippen LogP contribution < -0.4 is 5.32 Å². The summed E-state index contributed by atoms with van der Waals surface area (Å²) in [5.74, 6) is 0.0380. The van der Waals surface area contributed by atoms with E-state index in [9.17, 15) is 19.5 Å². The van der Waals surface area contributed by atoms with Crippen LogP contribution >= 0.6 is 0 Å². The summed E-state index contributed by atoms with van der Waals surface area (Å²) in [5.41, 5.74) is 2.15. The molecule has 33 heavy (non-hydrogen) atoms. The third kappa shape index (κ3) is 10.8. The number of aryl methyl sites for hydroxylation is 1. The molecule has 2 aromatic rings. The lowest BCUT2D eigenvalue weighted by atomic mass is 10.1. The second-order valence-electron chi connectivity index (χ2n) is 8.15. The van der Waals surface area contributed by atoms with Gasteiger partial charge in [0.1, 0.15) is 5.75 Å². The Balaban J connectivity index is 1.41. The fraction of sp³-hybridized carbons (Fsp3) is 0.520. The number of ether oxygens (including phenoxy) is 1. The number of hydrogen-bond acceptors (Lipinski definition) is 6. The highest BCUT2D eigenvalue weighted by Crippen LogP contribution is 2.22. The van der Waals surface area contributed by atoms with Crippen LogP contribution in [0.4, 0.5) is 0 Å². The minimum atomic E-state index is -1.93. The maximum absolute atomic E-state index is 11.1. The molecule has 2 unspecified atom stereocenters. The Morgan fingerprint density at radius 2 is 1.73 bits per heavy atom. The molecule has 0 spiro atoms. The van der Waals surface area contributed by atoms with Crippen molar-refractivity contribution in [2.75, 3.05) is 26.3 Å². The van der Waals surface area contributed by atoms with Gasteiger partial charge >= 0.3 is 0 Å². The largest absolute Gasteiger partial charge is 0.508 e. The number of aromatic hydroxyl groups is 1. The molecule has 0 aliphatic heterocycles. The summed E-state index contributed by atoms with van der Waals surface area (Å²) in [5, 5.41) is 32.3. The Morgan fingerprint density at radius 1 is 0.970 bits per heavy atom. The van der Waals surface area contributed by atoms with E-state index >= 15 is 0 Å². The Bertz CT molecular complexity index is 847. The van der Waals surface area contributed by atoms with Crippen LogP contribution in [0.25, 0.3) is 0 Å². The van der Waals surface area contributed by atoms with E-state index in [1.165, 1.54) is 6.07 Å². The molecular formula is C25H37NO6S. The first-order valence-corrected chi connectivity index (χ1v) is 12.7. The van der Waals surface area contributed by atoms with Gasteiger partial charge in [0.2, 0.25) is 0 Å². The van der Waals surface area contributed by atoms with Crippen LogP contribution in [0.1, 0.15) is 61.3 Å². The van der Waals surface area contributed by atoms with Crippen LogP contribution in [0.15, 0.2) is 47.4 Å². The van der Waals surface area contributed by atoms with Crippen LogP contribution in [-0.2, 0) is 28.8 Å². The number of hydrogen-bond donors (Lipinski definition) is 5. The molecule has 0 aliphatic carbocycles. The normalized spacial score (nSPS) is 13.2. The second-order valence-corrected chi connectivity index (χ2v) is 9.12. The van der Waals surface area contributed by atoms with Crippen molar-refractivity contribution in [3.8, 4) is 5.75 Å². The molecule has 2 rings (SSSR count). The maximum atomic E-state index is 11.1. The minimum Gasteiger partial charge on any atom is -0.508 e. The van der Waals surface area contributed by atoms with Gasteiger partial charge in [-0.2, -0.15) is 0 Å². The summed E-state index contributed by atoms with van der Waals surface area (Å²) in [6.45, 7) is 2.47. The smallest absolute Gasteiger partial charge is 0.186 e. The summed E-state index contributed by atoms with van der Waals surface area (Å²) < 4.78 is 25.9. The van der Waals surface area contributed by atoms with Crippen molar-refractivity contribution in [1.29, 1.82) is 0 Å². The van der Waals surface area contributed by atoms with Gasteiger partial charge in [0, 0.05) is 25.3 Å². The zero-order valence-corrected chi connectivity index (χ0v) is 19.9. The molecule has 0 bridgehead atoms. The lowest BCUT2D eigenvalue weighted by Crippen LogP contribution is -2.22. The lowest BCUT2D eigenvalue weighted by Gasteiger charge is -2.14. The van der Waals surface area contributed by atoms with Crippen molar-refractivity contribution in [3.63, 3.8) is 0 Å². The summed E-state index contributed by atoms with van der Waals surface area (Å²) >= 11 is -1.93. The van der Waals surface area contributed by atoms with Gasteiger partial charge in [-0.05, 0) is 67.6 Å². The van der Waals surface area contributed by atoms with E-state index in [2.05, 4.69) is 5.32 Å². The lowest BCUT2D eigenvalue weighted by molar-refractivity contribution is 0.127. The van der Waals surface area contributed by atoms with Gasteiger partial charge in [-0.25, -0.2) is 4.21 Å². The molecule has 0 aromatic heterocycles. The van der Waals surface area contributed by atoms with Gasteiger partial charge in [0.15, 0.2) is 11.1 Å². The van der Waals surface area contributed by atoms with Crippen LogP contribution in [0.2, 0.25) is 0 Å². The quantitative estimate of drug-likeness (QED) is 0.173. The predicted octanol–water partition coefficient (Wildman–Crippen LogP) is 3.69. The van der Waals surface area contributed by atoms with Crippen molar-refractivity contribution < 1.29 is 28.8 Å². The maximum Gasteiger partial charge on any atom is 0.186 e. The van der Waals surface area contributed by atoms with E-state index < -0.39 is 17.2 Å². The fourth-order valence-electron chi connectivity index (χ4n) is 3.57. The number of aliphatic hydroxyl groups excluding tert-OH is 2. The van der Waals surface area contributed by atoms with Gasteiger partial charge in [0.25, 0.3) is 0 Å². The molecule has 2 aromatic carbocycles. The second kappa shape index (κ2) is 15.9. The van der Waals surface area contributed by atoms with Crippen molar-refractivity contribution in [2.45, 2.75) is 62.6 Å². The third-order valence-electron chi connectivity index (χ3n) is 5.49. The molecule has 0 fully saturated rings. The molecule has 2 atom stereocenters. The van der Waals surface area contributed by atoms with E-state index in [0.29, 0.717) is 29.2 Å². The highest BCUT2D eigenvalue weighted by atomic mass is 32.2.